The average Bonchev–Trinajstić information content (AvgIpc) is 3.79. The fourth-order valence-electron chi connectivity index (χ4n) is 8.69. The van der Waals surface area contributed by atoms with E-state index in [2.05, 4.69) is 228 Å². The summed E-state index contributed by atoms with van der Waals surface area (Å²) in [7, 11) is 0. The fourth-order valence-corrected chi connectivity index (χ4v) is 8.69. The number of nitrogens with zero attached hydrogens (tertiary/aromatic N) is 2. The van der Waals surface area contributed by atoms with Crippen molar-refractivity contribution >= 4 is 43.6 Å². The highest BCUT2D eigenvalue weighted by molar-refractivity contribution is 6.18. The van der Waals surface area contributed by atoms with Crippen LogP contribution in [0.2, 0.25) is 0 Å². The average molecular weight is 713 g/mol. The Labute approximate surface area is 325 Å². The quantitative estimate of drug-likeness (QED) is 0.162. The van der Waals surface area contributed by atoms with E-state index in [0.717, 1.165) is 5.69 Å². The van der Waals surface area contributed by atoms with Gasteiger partial charge in [0, 0.05) is 32.9 Å². The topological polar surface area (TPSA) is 9.86 Å². The van der Waals surface area contributed by atoms with Gasteiger partial charge in [0.1, 0.15) is 0 Å². The Morgan fingerprint density at radius 2 is 0.679 bits per heavy atom. The van der Waals surface area contributed by atoms with Crippen LogP contribution in [0.25, 0.3) is 99.5 Å². The number of fused-ring (bicyclic) bond motifs is 6. The highest BCUT2D eigenvalue weighted by atomic mass is 15.0. The van der Waals surface area contributed by atoms with E-state index in [1.165, 1.54) is 93.8 Å². The molecule has 0 saturated heterocycles. The number of hydrogen-bond acceptors (Lipinski definition) is 0. The first-order valence-corrected chi connectivity index (χ1v) is 19.3. The first-order valence-electron chi connectivity index (χ1n) is 19.3. The van der Waals surface area contributed by atoms with Crippen molar-refractivity contribution in [2.75, 3.05) is 0 Å². The zero-order valence-corrected chi connectivity index (χ0v) is 30.7. The Morgan fingerprint density at radius 1 is 0.232 bits per heavy atom. The molecular formula is C54H36N2. The molecule has 0 atom stereocenters. The van der Waals surface area contributed by atoms with Crippen molar-refractivity contribution < 1.29 is 0 Å². The Bertz CT molecular complexity index is 3190. The predicted octanol–water partition coefficient (Wildman–Crippen LogP) is 14.5. The van der Waals surface area contributed by atoms with Crippen LogP contribution in [-0.4, -0.2) is 9.13 Å². The van der Waals surface area contributed by atoms with Gasteiger partial charge in [-0.05, 0) is 111 Å². The maximum Gasteiger partial charge on any atom is 0.0553 e. The third-order valence-corrected chi connectivity index (χ3v) is 11.3. The molecule has 0 saturated carbocycles. The van der Waals surface area contributed by atoms with Gasteiger partial charge in [-0.2, -0.15) is 0 Å². The van der Waals surface area contributed by atoms with Gasteiger partial charge in [-0.3, -0.25) is 0 Å². The van der Waals surface area contributed by atoms with Gasteiger partial charge in [-0.25, -0.2) is 0 Å². The zero-order chi connectivity index (χ0) is 37.0. The number of rotatable bonds is 6. The van der Waals surface area contributed by atoms with Gasteiger partial charge < -0.3 is 9.13 Å². The molecule has 2 heterocycles. The lowest BCUT2D eigenvalue weighted by molar-refractivity contribution is 1.18. The SMILES string of the molecule is c1ccc(-c2ccc(-n3c4ccc(-c5ccc6c(c5)c5ccccc5n6-c5ccccc5)cc4c4c(-c5ccccc5)cc(-c5ccccc5)cc43)cc2)cc1. The summed E-state index contributed by atoms with van der Waals surface area (Å²) in [4.78, 5) is 0. The molecule has 11 aromatic rings. The molecule has 0 aliphatic rings. The molecular weight excluding hydrogens is 677 g/mol. The normalized spacial score (nSPS) is 11.6. The van der Waals surface area contributed by atoms with Crippen molar-refractivity contribution in [3.63, 3.8) is 0 Å². The summed E-state index contributed by atoms with van der Waals surface area (Å²) in [6, 6.07) is 79.4. The van der Waals surface area contributed by atoms with E-state index < -0.39 is 0 Å². The largest absolute Gasteiger partial charge is 0.309 e. The van der Waals surface area contributed by atoms with E-state index >= 15 is 0 Å². The molecule has 0 fully saturated rings. The van der Waals surface area contributed by atoms with Crippen LogP contribution in [0.5, 0.6) is 0 Å². The molecule has 0 spiro atoms. The summed E-state index contributed by atoms with van der Waals surface area (Å²) in [5, 5.41) is 4.99. The van der Waals surface area contributed by atoms with E-state index in [4.69, 9.17) is 0 Å². The summed E-state index contributed by atoms with van der Waals surface area (Å²) in [5.74, 6) is 0. The highest BCUT2D eigenvalue weighted by Crippen LogP contribution is 2.43. The van der Waals surface area contributed by atoms with Gasteiger partial charge >= 0.3 is 0 Å². The Hall–Kier alpha value is -7.42. The number of benzene rings is 9. The van der Waals surface area contributed by atoms with E-state index in [0.29, 0.717) is 0 Å². The van der Waals surface area contributed by atoms with Crippen molar-refractivity contribution in [3.8, 4) is 55.9 Å². The Kier molecular flexibility index (Phi) is 7.53. The number of para-hydroxylation sites is 2. The Balaban J connectivity index is 1.17. The third kappa shape index (κ3) is 5.26. The number of aromatic nitrogens is 2. The van der Waals surface area contributed by atoms with Crippen molar-refractivity contribution in [1.29, 1.82) is 0 Å². The monoisotopic (exact) mass is 712 g/mol. The maximum atomic E-state index is 2.46. The van der Waals surface area contributed by atoms with Crippen LogP contribution in [0.1, 0.15) is 0 Å². The summed E-state index contributed by atoms with van der Waals surface area (Å²) < 4.78 is 4.84. The van der Waals surface area contributed by atoms with Crippen LogP contribution >= 0.6 is 0 Å². The van der Waals surface area contributed by atoms with Crippen LogP contribution in [0, 0.1) is 0 Å². The standard InChI is InChI=1S/C54H36N2/c1-5-15-37(16-6-1)39-25-29-45(30-26-39)56-52-32-28-42(41-27-31-51-48(33-41)46-23-13-14-24-50(46)55(51)44-21-11-4-12-22-44)34-49(52)54-47(40-19-9-3-10-20-40)35-43(36-53(54)56)38-17-7-2-8-18-38/h1-36H. The molecule has 9 aromatic carbocycles. The van der Waals surface area contributed by atoms with Crippen molar-refractivity contribution in [1.82, 2.24) is 9.13 Å². The Morgan fingerprint density at radius 3 is 1.34 bits per heavy atom. The summed E-state index contributed by atoms with van der Waals surface area (Å²) in [5.41, 5.74) is 16.7. The molecule has 0 unspecified atom stereocenters. The summed E-state index contributed by atoms with van der Waals surface area (Å²) in [6.45, 7) is 0. The second-order valence-electron chi connectivity index (χ2n) is 14.6. The zero-order valence-electron chi connectivity index (χ0n) is 30.7. The van der Waals surface area contributed by atoms with E-state index in [9.17, 15) is 0 Å². The van der Waals surface area contributed by atoms with Gasteiger partial charge in [0.2, 0.25) is 0 Å². The van der Waals surface area contributed by atoms with Crippen LogP contribution in [0.4, 0.5) is 0 Å². The van der Waals surface area contributed by atoms with Gasteiger partial charge in [0.15, 0.2) is 0 Å². The second-order valence-corrected chi connectivity index (χ2v) is 14.6. The van der Waals surface area contributed by atoms with Crippen LogP contribution in [-0.2, 0) is 0 Å². The molecule has 0 radical (unpaired) electrons. The smallest absolute Gasteiger partial charge is 0.0553 e. The summed E-state index contributed by atoms with van der Waals surface area (Å²) >= 11 is 0. The first-order chi connectivity index (χ1) is 27.8. The van der Waals surface area contributed by atoms with E-state index in [-0.39, 0.29) is 0 Å². The van der Waals surface area contributed by atoms with Crippen molar-refractivity contribution in [3.05, 3.63) is 218 Å². The molecule has 0 aliphatic carbocycles. The van der Waals surface area contributed by atoms with Gasteiger partial charge in [-0.15, -0.1) is 0 Å². The molecule has 0 amide bonds. The van der Waals surface area contributed by atoms with Crippen LogP contribution in [0.3, 0.4) is 0 Å². The fraction of sp³-hybridized carbons (Fsp3) is 0. The van der Waals surface area contributed by atoms with E-state index in [1.54, 1.807) is 0 Å². The first kappa shape index (κ1) is 32.0. The van der Waals surface area contributed by atoms with Gasteiger partial charge in [-0.1, -0.05) is 152 Å². The lowest BCUT2D eigenvalue weighted by Crippen LogP contribution is -1.95. The van der Waals surface area contributed by atoms with Crippen molar-refractivity contribution in [2.45, 2.75) is 0 Å². The molecule has 56 heavy (non-hydrogen) atoms. The lowest BCUT2D eigenvalue weighted by atomic mass is 9.93. The molecule has 262 valence electrons. The molecule has 0 aliphatic heterocycles. The van der Waals surface area contributed by atoms with E-state index in [1.807, 2.05) is 0 Å². The predicted molar refractivity (Wildman–Crippen MR) is 237 cm³/mol. The molecule has 0 bridgehead atoms. The molecule has 0 N–H and O–H groups in total. The molecule has 2 nitrogen and oxygen atoms in total. The van der Waals surface area contributed by atoms with Crippen LogP contribution < -0.4 is 0 Å². The van der Waals surface area contributed by atoms with Gasteiger partial charge in [0.25, 0.3) is 0 Å². The highest BCUT2D eigenvalue weighted by Gasteiger charge is 2.20. The molecule has 2 aromatic heterocycles. The van der Waals surface area contributed by atoms with Crippen LogP contribution in [0.15, 0.2) is 218 Å². The minimum absolute atomic E-state index is 1.14. The lowest BCUT2D eigenvalue weighted by Gasteiger charge is -2.13. The minimum Gasteiger partial charge on any atom is -0.309 e. The second kappa shape index (κ2) is 13.2. The van der Waals surface area contributed by atoms with Gasteiger partial charge in [0.05, 0.1) is 22.1 Å². The summed E-state index contributed by atoms with van der Waals surface area (Å²) in [6.07, 6.45) is 0. The molecule has 2 heteroatoms. The maximum absolute atomic E-state index is 2.46. The third-order valence-electron chi connectivity index (χ3n) is 11.3. The minimum atomic E-state index is 1.14. The number of hydrogen-bond donors (Lipinski definition) is 0. The van der Waals surface area contributed by atoms with Crippen molar-refractivity contribution in [2.24, 2.45) is 0 Å². The molecule has 11 rings (SSSR count).